The minimum atomic E-state index is -0.427. The van der Waals surface area contributed by atoms with E-state index in [2.05, 4.69) is 20.7 Å². The van der Waals surface area contributed by atoms with Crippen LogP contribution in [0.25, 0.3) is 0 Å². The lowest BCUT2D eigenvalue weighted by Crippen LogP contribution is -2.38. The molecular formula is C12H23N5O2. The molecule has 1 aromatic heterocycles. The van der Waals surface area contributed by atoms with Gasteiger partial charge < -0.3 is 20.6 Å². The Kier molecular flexibility index (Phi) is 5.94. The molecule has 5 N–H and O–H groups in total. The molecule has 0 aliphatic carbocycles. The first-order chi connectivity index (χ1) is 9.06. The Hall–Kier alpha value is -1.44. The number of hydrazine groups is 1. The molecule has 0 aliphatic rings. The summed E-state index contributed by atoms with van der Waals surface area (Å²) in [6.45, 7) is 6.75. The van der Waals surface area contributed by atoms with Gasteiger partial charge in [0.25, 0.3) is 0 Å². The van der Waals surface area contributed by atoms with Crippen LogP contribution in [-0.2, 0) is 11.3 Å². The minimum Gasteiger partial charge on any atom is -0.394 e. The summed E-state index contributed by atoms with van der Waals surface area (Å²) in [7, 11) is 0. The van der Waals surface area contributed by atoms with Crippen LogP contribution < -0.4 is 16.6 Å². The number of hydrogen-bond acceptors (Lipinski definition) is 7. The van der Waals surface area contributed by atoms with Crippen LogP contribution in [0.5, 0.6) is 0 Å². The summed E-state index contributed by atoms with van der Waals surface area (Å²) >= 11 is 0. The highest BCUT2D eigenvalue weighted by Crippen LogP contribution is 2.18. The second-order valence-electron chi connectivity index (χ2n) is 4.53. The lowest BCUT2D eigenvalue weighted by Gasteiger charge is -2.28. The van der Waals surface area contributed by atoms with Crippen LogP contribution in [0.1, 0.15) is 33.0 Å². The molecule has 0 bridgehead atoms. The Balaban J connectivity index is 2.92. The molecule has 108 valence electrons. The number of hydrogen-bond donors (Lipinski definition) is 4. The van der Waals surface area contributed by atoms with Crippen molar-refractivity contribution < 1.29 is 9.84 Å². The van der Waals surface area contributed by atoms with Gasteiger partial charge in [-0.15, -0.1) is 0 Å². The van der Waals surface area contributed by atoms with Gasteiger partial charge in [0, 0.05) is 12.7 Å². The number of aliphatic hydroxyl groups is 1. The fourth-order valence-electron chi connectivity index (χ4n) is 1.44. The molecule has 0 radical (unpaired) electrons. The van der Waals surface area contributed by atoms with E-state index in [1.165, 1.54) is 0 Å². The topological polar surface area (TPSA) is 105 Å². The number of rotatable bonds is 8. The van der Waals surface area contributed by atoms with Crippen molar-refractivity contribution in [2.45, 2.75) is 39.3 Å². The molecule has 19 heavy (non-hydrogen) atoms. The zero-order chi connectivity index (χ0) is 14.3. The van der Waals surface area contributed by atoms with Gasteiger partial charge in [0.05, 0.1) is 12.1 Å². The third-order valence-corrected chi connectivity index (χ3v) is 2.91. The Morgan fingerprint density at radius 1 is 1.37 bits per heavy atom. The van der Waals surface area contributed by atoms with Crippen molar-refractivity contribution in [3.8, 4) is 0 Å². The average molecular weight is 269 g/mol. The number of nitrogens with one attached hydrogen (secondary N) is 2. The number of aliphatic hydroxyl groups excluding tert-OH is 1. The predicted octanol–water partition coefficient (Wildman–Crippen LogP) is 0.872. The van der Waals surface area contributed by atoms with Gasteiger partial charge in [-0.05, 0) is 20.3 Å². The molecule has 1 rings (SSSR count). The predicted molar refractivity (Wildman–Crippen MR) is 74.6 cm³/mol. The summed E-state index contributed by atoms with van der Waals surface area (Å²) in [5, 5.41) is 12.6. The van der Waals surface area contributed by atoms with Crippen LogP contribution in [0.2, 0.25) is 0 Å². The van der Waals surface area contributed by atoms with E-state index in [-0.39, 0.29) is 6.61 Å². The van der Waals surface area contributed by atoms with Gasteiger partial charge in [-0.25, -0.2) is 15.8 Å². The first-order valence-corrected chi connectivity index (χ1v) is 6.38. The monoisotopic (exact) mass is 269 g/mol. The largest absolute Gasteiger partial charge is 0.394 e. The summed E-state index contributed by atoms with van der Waals surface area (Å²) in [4.78, 5) is 8.54. The van der Waals surface area contributed by atoms with E-state index in [1.807, 2.05) is 20.8 Å². The molecule has 0 saturated carbocycles. The van der Waals surface area contributed by atoms with Crippen molar-refractivity contribution in [3.05, 3.63) is 11.9 Å². The summed E-state index contributed by atoms with van der Waals surface area (Å²) in [5.41, 5.74) is 2.07. The highest BCUT2D eigenvalue weighted by molar-refractivity contribution is 5.48. The van der Waals surface area contributed by atoms with E-state index in [4.69, 9.17) is 10.6 Å². The van der Waals surface area contributed by atoms with Crippen LogP contribution in [0.15, 0.2) is 6.07 Å². The molecule has 0 saturated heterocycles. The third-order valence-electron chi connectivity index (χ3n) is 2.91. The van der Waals surface area contributed by atoms with Crippen molar-refractivity contribution in [2.24, 2.45) is 5.84 Å². The normalized spacial score (nSPS) is 13.9. The van der Waals surface area contributed by atoms with Crippen LogP contribution in [0.4, 0.5) is 11.6 Å². The highest BCUT2D eigenvalue weighted by Gasteiger charge is 2.21. The van der Waals surface area contributed by atoms with Crippen LogP contribution >= 0.6 is 0 Å². The van der Waals surface area contributed by atoms with Crippen molar-refractivity contribution in [1.82, 2.24) is 9.97 Å². The summed E-state index contributed by atoms with van der Waals surface area (Å²) < 4.78 is 5.29. The molecule has 7 heteroatoms. The molecular weight excluding hydrogens is 246 g/mol. The second-order valence-corrected chi connectivity index (χ2v) is 4.53. The SMILES string of the molecule is CCOCc1nc(NN)cc(NC(C)(CC)CO)n1. The van der Waals surface area contributed by atoms with Crippen LogP contribution in [0, 0.1) is 0 Å². The number of nitrogens with two attached hydrogens (primary N) is 1. The fraction of sp³-hybridized carbons (Fsp3) is 0.667. The molecule has 7 nitrogen and oxygen atoms in total. The summed E-state index contributed by atoms with van der Waals surface area (Å²) in [6.07, 6.45) is 0.764. The first-order valence-electron chi connectivity index (χ1n) is 6.38. The van der Waals surface area contributed by atoms with Gasteiger partial charge in [-0.2, -0.15) is 0 Å². The lowest BCUT2D eigenvalue weighted by molar-refractivity contribution is 0.128. The van der Waals surface area contributed by atoms with E-state index in [9.17, 15) is 5.11 Å². The van der Waals surface area contributed by atoms with Gasteiger partial charge >= 0.3 is 0 Å². The maximum atomic E-state index is 9.41. The molecule has 0 fully saturated rings. The Morgan fingerprint density at radius 3 is 2.58 bits per heavy atom. The second kappa shape index (κ2) is 7.22. The molecule has 0 aromatic carbocycles. The number of aromatic nitrogens is 2. The fourth-order valence-corrected chi connectivity index (χ4v) is 1.44. The lowest BCUT2D eigenvalue weighted by atomic mass is 10.0. The van der Waals surface area contributed by atoms with E-state index >= 15 is 0 Å². The van der Waals surface area contributed by atoms with E-state index in [0.29, 0.717) is 30.7 Å². The van der Waals surface area contributed by atoms with E-state index in [0.717, 1.165) is 6.42 Å². The molecule has 1 aromatic rings. The molecule has 1 atom stereocenters. The number of ether oxygens (including phenoxy) is 1. The average Bonchev–Trinajstić information content (AvgIpc) is 2.44. The Morgan fingerprint density at radius 2 is 2.05 bits per heavy atom. The van der Waals surface area contributed by atoms with Gasteiger partial charge in [0.2, 0.25) is 0 Å². The highest BCUT2D eigenvalue weighted by atomic mass is 16.5. The molecule has 0 amide bonds. The zero-order valence-electron chi connectivity index (χ0n) is 11.7. The summed E-state index contributed by atoms with van der Waals surface area (Å²) in [5.74, 6) is 7.04. The van der Waals surface area contributed by atoms with Gasteiger partial charge in [0.15, 0.2) is 5.82 Å². The van der Waals surface area contributed by atoms with Gasteiger partial charge in [-0.3, -0.25) is 0 Å². The minimum absolute atomic E-state index is 0.0136. The van der Waals surface area contributed by atoms with Crippen molar-refractivity contribution >= 4 is 11.6 Å². The van der Waals surface area contributed by atoms with Gasteiger partial charge in [-0.1, -0.05) is 6.92 Å². The van der Waals surface area contributed by atoms with Crippen molar-refractivity contribution in [2.75, 3.05) is 24.0 Å². The molecule has 0 spiro atoms. The van der Waals surface area contributed by atoms with Crippen molar-refractivity contribution in [3.63, 3.8) is 0 Å². The molecule has 0 aliphatic heterocycles. The standard InChI is InChI=1S/C12H23N5O2/c1-4-12(3,8-18)16-9-6-10(17-13)15-11(14-9)7-19-5-2/h6,18H,4-5,7-8,13H2,1-3H3,(H2,14,15,16,17). The van der Waals surface area contributed by atoms with Gasteiger partial charge in [0.1, 0.15) is 18.2 Å². The Labute approximate surface area is 113 Å². The number of anilines is 2. The number of nitrogens with zero attached hydrogens (tertiary/aromatic N) is 2. The van der Waals surface area contributed by atoms with Crippen LogP contribution in [0.3, 0.4) is 0 Å². The molecule has 1 unspecified atom stereocenters. The number of nitrogen functional groups attached to an aromatic ring is 1. The molecule has 1 heterocycles. The quantitative estimate of drug-likeness (QED) is 0.410. The maximum absolute atomic E-state index is 9.41. The van der Waals surface area contributed by atoms with E-state index < -0.39 is 5.54 Å². The van der Waals surface area contributed by atoms with Crippen molar-refractivity contribution in [1.29, 1.82) is 0 Å². The van der Waals surface area contributed by atoms with Crippen LogP contribution in [-0.4, -0.2) is 33.8 Å². The Bertz CT molecular complexity index is 396. The summed E-state index contributed by atoms with van der Waals surface area (Å²) in [6, 6.07) is 1.69. The third kappa shape index (κ3) is 4.62. The van der Waals surface area contributed by atoms with E-state index in [1.54, 1.807) is 6.07 Å². The smallest absolute Gasteiger partial charge is 0.158 e. The zero-order valence-corrected chi connectivity index (χ0v) is 11.7. The first kappa shape index (κ1) is 15.6. The maximum Gasteiger partial charge on any atom is 0.158 e.